The summed E-state index contributed by atoms with van der Waals surface area (Å²) in [4.78, 5) is 4.43. The van der Waals surface area contributed by atoms with E-state index in [1.54, 1.807) is 7.05 Å². The standard InChI is InChI=1S/C24H29N3O4.HI/c1-25-23(26-14-19-12-17-4-2-3-5-20(17)31-19)27-15-24(8-10-28-11-9-24)18-6-7-21-22(13-18)30-16-29-21;/h2-7,13,19H,8-12,14-16H2,1H3,(H2,25,26,27);1H. The lowest BCUT2D eigenvalue weighted by atomic mass is 9.74. The molecule has 1 atom stereocenters. The Labute approximate surface area is 205 Å². The maximum absolute atomic E-state index is 6.04. The van der Waals surface area contributed by atoms with Crippen molar-refractivity contribution in [3.63, 3.8) is 0 Å². The van der Waals surface area contributed by atoms with Gasteiger partial charge in [-0.1, -0.05) is 24.3 Å². The molecule has 7 nitrogen and oxygen atoms in total. The van der Waals surface area contributed by atoms with Gasteiger partial charge in [0.25, 0.3) is 0 Å². The van der Waals surface area contributed by atoms with Crippen LogP contribution in [0.25, 0.3) is 0 Å². The molecular formula is C24H30IN3O4. The third-order valence-electron chi connectivity index (χ3n) is 6.46. The summed E-state index contributed by atoms with van der Waals surface area (Å²) >= 11 is 0. The average Bonchev–Trinajstić information content (AvgIpc) is 3.45. The highest BCUT2D eigenvalue weighted by Crippen LogP contribution is 2.40. The Morgan fingerprint density at radius 1 is 1.03 bits per heavy atom. The van der Waals surface area contributed by atoms with E-state index in [-0.39, 0.29) is 42.3 Å². The minimum atomic E-state index is -0.0447. The number of guanidine groups is 1. The predicted octanol–water partition coefficient (Wildman–Crippen LogP) is 3.25. The van der Waals surface area contributed by atoms with Crippen LogP contribution in [-0.4, -0.2) is 52.2 Å². The zero-order valence-corrected chi connectivity index (χ0v) is 20.6. The third-order valence-corrected chi connectivity index (χ3v) is 6.46. The number of nitrogens with zero attached hydrogens (tertiary/aromatic N) is 1. The van der Waals surface area contributed by atoms with Gasteiger partial charge in [0.1, 0.15) is 11.9 Å². The van der Waals surface area contributed by atoms with E-state index in [4.69, 9.17) is 18.9 Å². The predicted molar refractivity (Wildman–Crippen MR) is 134 cm³/mol. The van der Waals surface area contributed by atoms with Crippen LogP contribution in [-0.2, 0) is 16.6 Å². The molecule has 32 heavy (non-hydrogen) atoms. The van der Waals surface area contributed by atoms with Crippen molar-refractivity contribution in [1.29, 1.82) is 0 Å². The van der Waals surface area contributed by atoms with Crippen molar-refractivity contribution < 1.29 is 18.9 Å². The number of hydrogen-bond donors (Lipinski definition) is 2. The molecule has 0 spiro atoms. The van der Waals surface area contributed by atoms with Crippen LogP contribution in [0, 0.1) is 0 Å². The first-order chi connectivity index (χ1) is 15.3. The van der Waals surface area contributed by atoms with Gasteiger partial charge in [0.05, 0.1) is 6.54 Å². The van der Waals surface area contributed by atoms with E-state index in [9.17, 15) is 0 Å². The second kappa shape index (κ2) is 10.2. The Hall–Kier alpha value is -2.20. The highest BCUT2D eigenvalue weighted by Gasteiger charge is 2.36. The molecule has 2 N–H and O–H groups in total. The summed E-state index contributed by atoms with van der Waals surface area (Å²) in [6.07, 6.45) is 2.91. The number of para-hydroxylation sites is 1. The molecule has 0 amide bonds. The molecule has 5 rings (SSSR count). The van der Waals surface area contributed by atoms with E-state index < -0.39 is 0 Å². The van der Waals surface area contributed by atoms with Gasteiger partial charge in [0.15, 0.2) is 17.5 Å². The van der Waals surface area contributed by atoms with E-state index in [1.165, 1.54) is 11.1 Å². The Morgan fingerprint density at radius 3 is 2.66 bits per heavy atom. The topological polar surface area (TPSA) is 73.3 Å². The Balaban J connectivity index is 0.00000245. The van der Waals surface area contributed by atoms with Crippen LogP contribution in [0.2, 0.25) is 0 Å². The molecule has 2 aromatic carbocycles. The molecule has 0 saturated carbocycles. The zero-order valence-electron chi connectivity index (χ0n) is 18.3. The molecule has 1 saturated heterocycles. The Kier molecular flexibility index (Phi) is 7.30. The van der Waals surface area contributed by atoms with Gasteiger partial charge in [0.2, 0.25) is 6.79 Å². The van der Waals surface area contributed by atoms with Crippen molar-refractivity contribution in [2.75, 3.05) is 40.1 Å². The molecule has 3 aliphatic heterocycles. The van der Waals surface area contributed by atoms with Gasteiger partial charge < -0.3 is 29.6 Å². The largest absolute Gasteiger partial charge is 0.488 e. The van der Waals surface area contributed by atoms with Gasteiger partial charge in [0, 0.05) is 38.6 Å². The molecule has 0 aliphatic carbocycles. The monoisotopic (exact) mass is 551 g/mol. The summed E-state index contributed by atoms with van der Waals surface area (Å²) in [7, 11) is 1.80. The molecule has 3 heterocycles. The summed E-state index contributed by atoms with van der Waals surface area (Å²) in [5.74, 6) is 3.41. The molecule has 0 bridgehead atoms. The van der Waals surface area contributed by atoms with Crippen molar-refractivity contribution in [3.8, 4) is 17.2 Å². The molecule has 0 radical (unpaired) electrons. The molecule has 0 aromatic heterocycles. The molecule has 2 aromatic rings. The first-order valence-electron chi connectivity index (χ1n) is 10.9. The van der Waals surface area contributed by atoms with Crippen LogP contribution >= 0.6 is 24.0 Å². The number of halogens is 1. The minimum Gasteiger partial charge on any atom is -0.488 e. The van der Waals surface area contributed by atoms with E-state index >= 15 is 0 Å². The normalized spacial score (nSPS) is 20.7. The van der Waals surface area contributed by atoms with E-state index in [0.29, 0.717) is 6.54 Å². The van der Waals surface area contributed by atoms with E-state index in [0.717, 1.165) is 62.2 Å². The van der Waals surface area contributed by atoms with Gasteiger partial charge in [-0.2, -0.15) is 0 Å². The minimum absolute atomic E-state index is 0. The Morgan fingerprint density at radius 2 is 1.84 bits per heavy atom. The van der Waals surface area contributed by atoms with Crippen LogP contribution < -0.4 is 24.8 Å². The zero-order chi connectivity index (χ0) is 21.1. The summed E-state index contributed by atoms with van der Waals surface area (Å²) < 4.78 is 22.8. The lowest BCUT2D eigenvalue weighted by molar-refractivity contribution is 0.0513. The quantitative estimate of drug-likeness (QED) is 0.338. The van der Waals surface area contributed by atoms with E-state index in [1.807, 2.05) is 18.2 Å². The lowest BCUT2D eigenvalue weighted by Gasteiger charge is -2.38. The smallest absolute Gasteiger partial charge is 0.231 e. The van der Waals surface area contributed by atoms with Crippen LogP contribution in [0.15, 0.2) is 47.5 Å². The number of hydrogen-bond acceptors (Lipinski definition) is 5. The number of nitrogens with one attached hydrogen (secondary N) is 2. The van der Waals surface area contributed by atoms with Crippen molar-refractivity contribution in [3.05, 3.63) is 53.6 Å². The molecule has 3 aliphatic rings. The summed E-state index contributed by atoms with van der Waals surface area (Å²) in [5.41, 5.74) is 2.47. The maximum atomic E-state index is 6.04. The number of benzene rings is 2. The van der Waals surface area contributed by atoms with Crippen LogP contribution in [0.5, 0.6) is 17.2 Å². The van der Waals surface area contributed by atoms with Gasteiger partial charge in [-0.05, 0) is 42.2 Å². The third kappa shape index (κ3) is 4.76. The fourth-order valence-electron chi connectivity index (χ4n) is 4.61. The summed E-state index contributed by atoms with van der Waals surface area (Å²) in [6.45, 7) is 3.25. The summed E-state index contributed by atoms with van der Waals surface area (Å²) in [5, 5.41) is 6.98. The van der Waals surface area contributed by atoms with E-state index in [2.05, 4.69) is 39.9 Å². The van der Waals surface area contributed by atoms with Crippen LogP contribution in [0.1, 0.15) is 24.0 Å². The van der Waals surface area contributed by atoms with Gasteiger partial charge in [-0.3, -0.25) is 4.99 Å². The van der Waals surface area contributed by atoms with Crippen LogP contribution in [0.4, 0.5) is 0 Å². The van der Waals surface area contributed by atoms with Crippen molar-refractivity contribution in [2.45, 2.75) is 30.8 Å². The van der Waals surface area contributed by atoms with Gasteiger partial charge >= 0.3 is 0 Å². The molecule has 8 heteroatoms. The number of rotatable bonds is 5. The van der Waals surface area contributed by atoms with Gasteiger partial charge in [-0.25, -0.2) is 0 Å². The van der Waals surface area contributed by atoms with Gasteiger partial charge in [-0.15, -0.1) is 24.0 Å². The highest BCUT2D eigenvalue weighted by atomic mass is 127. The maximum Gasteiger partial charge on any atom is 0.231 e. The average molecular weight is 551 g/mol. The fraction of sp³-hybridized carbons (Fsp3) is 0.458. The molecular weight excluding hydrogens is 521 g/mol. The molecule has 172 valence electrons. The van der Waals surface area contributed by atoms with Crippen molar-refractivity contribution >= 4 is 29.9 Å². The SMILES string of the molecule is CN=C(NCC1Cc2ccccc2O1)NCC1(c2ccc3c(c2)OCO3)CCOCC1.I. The number of ether oxygens (including phenoxy) is 4. The van der Waals surface area contributed by atoms with Crippen molar-refractivity contribution in [2.24, 2.45) is 4.99 Å². The summed E-state index contributed by atoms with van der Waals surface area (Å²) in [6, 6.07) is 14.5. The Bertz CT molecular complexity index is 937. The fourth-order valence-corrected chi connectivity index (χ4v) is 4.61. The second-order valence-electron chi connectivity index (χ2n) is 8.32. The first-order valence-corrected chi connectivity index (χ1v) is 10.9. The molecule has 1 unspecified atom stereocenters. The number of fused-ring (bicyclic) bond motifs is 2. The van der Waals surface area contributed by atoms with Crippen LogP contribution in [0.3, 0.4) is 0 Å². The first kappa shape index (κ1) is 23.0. The lowest BCUT2D eigenvalue weighted by Crippen LogP contribution is -2.49. The second-order valence-corrected chi connectivity index (χ2v) is 8.32. The highest BCUT2D eigenvalue weighted by molar-refractivity contribution is 14.0. The molecule has 1 fully saturated rings. The number of aliphatic imine (C=N–C) groups is 1. The van der Waals surface area contributed by atoms with Crippen molar-refractivity contribution in [1.82, 2.24) is 10.6 Å².